The Morgan fingerprint density at radius 3 is 3.22 bits per heavy atom. The highest BCUT2D eigenvalue weighted by molar-refractivity contribution is 5.76. The van der Waals surface area contributed by atoms with Crippen molar-refractivity contribution in [1.82, 2.24) is 15.6 Å². The minimum absolute atomic E-state index is 0.143. The minimum Gasteiger partial charge on any atom is -0.356 e. The number of hydrogen-bond acceptors (Lipinski definition) is 3. The van der Waals surface area contributed by atoms with Crippen LogP contribution in [0.5, 0.6) is 0 Å². The van der Waals surface area contributed by atoms with Crippen molar-refractivity contribution in [2.24, 2.45) is 5.92 Å². The second-order valence-corrected chi connectivity index (χ2v) is 4.86. The molecular formula is C14H21N3O. The molecule has 1 fully saturated rings. The van der Waals surface area contributed by atoms with Crippen LogP contribution in [0.3, 0.4) is 0 Å². The van der Waals surface area contributed by atoms with E-state index in [9.17, 15) is 4.79 Å². The van der Waals surface area contributed by atoms with E-state index in [-0.39, 0.29) is 5.91 Å². The summed E-state index contributed by atoms with van der Waals surface area (Å²) in [5, 5.41) is 6.33. The maximum Gasteiger partial charge on any atom is 0.220 e. The molecule has 1 aliphatic rings. The summed E-state index contributed by atoms with van der Waals surface area (Å²) in [6.07, 6.45) is 7.22. The van der Waals surface area contributed by atoms with E-state index in [1.54, 1.807) is 6.20 Å². The van der Waals surface area contributed by atoms with E-state index < -0.39 is 0 Å². The molecule has 0 radical (unpaired) electrons. The number of pyridine rings is 1. The lowest BCUT2D eigenvalue weighted by molar-refractivity contribution is -0.121. The van der Waals surface area contributed by atoms with Gasteiger partial charge in [-0.2, -0.15) is 0 Å². The Hall–Kier alpha value is -1.42. The number of carbonyl (C=O) groups excluding carboxylic acids is 1. The number of aromatic nitrogens is 1. The molecule has 98 valence electrons. The van der Waals surface area contributed by atoms with Gasteiger partial charge in [-0.05, 0) is 49.9 Å². The van der Waals surface area contributed by atoms with Crippen LogP contribution in [0.25, 0.3) is 0 Å². The summed E-state index contributed by atoms with van der Waals surface area (Å²) >= 11 is 0. The number of aryl methyl sites for hydroxylation is 1. The number of hydrogen-bond donors (Lipinski definition) is 2. The monoisotopic (exact) mass is 247 g/mol. The lowest BCUT2D eigenvalue weighted by Gasteiger charge is -2.09. The molecule has 1 aliphatic heterocycles. The Balaban J connectivity index is 1.57. The summed E-state index contributed by atoms with van der Waals surface area (Å²) in [5.74, 6) is 0.883. The van der Waals surface area contributed by atoms with Gasteiger partial charge in [0.25, 0.3) is 0 Å². The van der Waals surface area contributed by atoms with Gasteiger partial charge < -0.3 is 10.6 Å². The van der Waals surface area contributed by atoms with Gasteiger partial charge in [0.2, 0.25) is 5.91 Å². The van der Waals surface area contributed by atoms with Crippen LogP contribution in [0.4, 0.5) is 0 Å². The van der Waals surface area contributed by atoms with Crippen LogP contribution in [0.1, 0.15) is 24.8 Å². The molecule has 2 heterocycles. The molecule has 0 bridgehead atoms. The molecule has 0 aliphatic carbocycles. The van der Waals surface area contributed by atoms with Crippen LogP contribution in [0.2, 0.25) is 0 Å². The average molecular weight is 247 g/mol. The number of nitrogens with one attached hydrogen (secondary N) is 2. The molecule has 1 aromatic heterocycles. The van der Waals surface area contributed by atoms with Crippen molar-refractivity contribution in [3.05, 3.63) is 30.1 Å². The van der Waals surface area contributed by atoms with Crippen molar-refractivity contribution in [2.45, 2.75) is 25.7 Å². The lowest BCUT2D eigenvalue weighted by Crippen LogP contribution is -2.26. The number of amides is 1. The smallest absolute Gasteiger partial charge is 0.220 e. The molecule has 1 saturated heterocycles. The van der Waals surface area contributed by atoms with Crippen LogP contribution < -0.4 is 10.6 Å². The number of nitrogens with zero attached hydrogens (tertiary/aromatic N) is 1. The van der Waals surface area contributed by atoms with Gasteiger partial charge >= 0.3 is 0 Å². The number of rotatable bonds is 6. The van der Waals surface area contributed by atoms with E-state index in [1.165, 1.54) is 6.42 Å². The van der Waals surface area contributed by atoms with Crippen molar-refractivity contribution in [3.8, 4) is 0 Å². The normalized spacial score (nSPS) is 18.8. The topological polar surface area (TPSA) is 54.0 Å². The first-order valence-electron chi connectivity index (χ1n) is 6.71. The quantitative estimate of drug-likeness (QED) is 0.792. The average Bonchev–Trinajstić information content (AvgIpc) is 2.91. The van der Waals surface area contributed by atoms with Crippen molar-refractivity contribution >= 4 is 5.91 Å². The van der Waals surface area contributed by atoms with Crippen molar-refractivity contribution < 1.29 is 4.79 Å². The van der Waals surface area contributed by atoms with E-state index in [1.807, 2.05) is 18.3 Å². The SMILES string of the molecule is O=C(CCc1cccnc1)NCCC1CCNC1. The van der Waals surface area contributed by atoms with Gasteiger partial charge in [-0.3, -0.25) is 9.78 Å². The highest BCUT2D eigenvalue weighted by Crippen LogP contribution is 2.10. The molecule has 0 saturated carbocycles. The van der Waals surface area contributed by atoms with Gasteiger partial charge in [-0.15, -0.1) is 0 Å². The van der Waals surface area contributed by atoms with Crippen LogP contribution >= 0.6 is 0 Å². The Morgan fingerprint density at radius 1 is 1.56 bits per heavy atom. The first kappa shape index (κ1) is 13.0. The van der Waals surface area contributed by atoms with Gasteiger partial charge in [0.15, 0.2) is 0 Å². The van der Waals surface area contributed by atoms with Gasteiger partial charge in [-0.1, -0.05) is 6.07 Å². The van der Waals surface area contributed by atoms with Gasteiger partial charge in [0.05, 0.1) is 0 Å². The van der Waals surface area contributed by atoms with Gasteiger partial charge in [0, 0.05) is 25.4 Å². The third kappa shape index (κ3) is 4.45. The Bertz CT molecular complexity index is 361. The molecular weight excluding hydrogens is 226 g/mol. The predicted molar refractivity (Wildman–Crippen MR) is 71.2 cm³/mol. The Labute approximate surface area is 108 Å². The van der Waals surface area contributed by atoms with Crippen LogP contribution in [-0.2, 0) is 11.2 Å². The molecule has 2 rings (SSSR count). The molecule has 1 unspecified atom stereocenters. The fraction of sp³-hybridized carbons (Fsp3) is 0.571. The zero-order chi connectivity index (χ0) is 12.6. The predicted octanol–water partition coefficient (Wildman–Crippen LogP) is 1.13. The molecule has 18 heavy (non-hydrogen) atoms. The summed E-state index contributed by atoms with van der Waals surface area (Å²) in [6, 6.07) is 3.91. The van der Waals surface area contributed by atoms with Crippen molar-refractivity contribution in [3.63, 3.8) is 0 Å². The molecule has 0 spiro atoms. The highest BCUT2D eigenvalue weighted by atomic mass is 16.1. The van der Waals surface area contributed by atoms with E-state index in [4.69, 9.17) is 0 Å². The maximum absolute atomic E-state index is 11.6. The first-order chi connectivity index (χ1) is 8.84. The summed E-state index contributed by atoms with van der Waals surface area (Å²) in [6.45, 7) is 3.03. The second-order valence-electron chi connectivity index (χ2n) is 4.86. The molecule has 1 atom stereocenters. The molecule has 1 amide bonds. The first-order valence-corrected chi connectivity index (χ1v) is 6.71. The van der Waals surface area contributed by atoms with Crippen LogP contribution in [0, 0.1) is 5.92 Å². The molecule has 2 N–H and O–H groups in total. The van der Waals surface area contributed by atoms with Gasteiger partial charge in [-0.25, -0.2) is 0 Å². The molecule has 4 nitrogen and oxygen atoms in total. The standard InChI is InChI=1S/C14H21N3O/c18-14(4-3-12-2-1-7-15-10-12)17-9-6-13-5-8-16-11-13/h1-2,7,10,13,16H,3-6,8-9,11H2,(H,17,18). The van der Waals surface area contributed by atoms with Crippen molar-refractivity contribution in [2.75, 3.05) is 19.6 Å². The van der Waals surface area contributed by atoms with Crippen molar-refractivity contribution in [1.29, 1.82) is 0 Å². The molecule has 1 aromatic rings. The van der Waals surface area contributed by atoms with E-state index >= 15 is 0 Å². The van der Waals surface area contributed by atoms with Gasteiger partial charge in [0.1, 0.15) is 0 Å². The maximum atomic E-state index is 11.6. The van der Waals surface area contributed by atoms with Crippen LogP contribution in [0.15, 0.2) is 24.5 Å². The third-order valence-corrected chi connectivity index (χ3v) is 3.40. The molecule has 4 heteroatoms. The zero-order valence-corrected chi connectivity index (χ0v) is 10.7. The summed E-state index contributed by atoms with van der Waals surface area (Å²) < 4.78 is 0. The fourth-order valence-electron chi connectivity index (χ4n) is 2.27. The highest BCUT2D eigenvalue weighted by Gasteiger charge is 2.13. The second kappa shape index (κ2) is 7.11. The lowest BCUT2D eigenvalue weighted by atomic mass is 10.1. The summed E-state index contributed by atoms with van der Waals surface area (Å²) in [7, 11) is 0. The van der Waals surface area contributed by atoms with E-state index in [0.29, 0.717) is 6.42 Å². The Kier molecular flexibility index (Phi) is 5.15. The summed E-state index contributed by atoms with van der Waals surface area (Å²) in [5.41, 5.74) is 1.12. The third-order valence-electron chi connectivity index (χ3n) is 3.40. The number of carbonyl (C=O) groups is 1. The van der Waals surface area contributed by atoms with Crippen LogP contribution in [-0.4, -0.2) is 30.5 Å². The minimum atomic E-state index is 0.143. The fourth-order valence-corrected chi connectivity index (χ4v) is 2.27. The van der Waals surface area contributed by atoms with E-state index in [2.05, 4.69) is 15.6 Å². The largest absolute Gasteiger partial charge is 0.356 e. The summed E-state index contributed by atoms with van der Waals surface area (Å²) in [4.78, 5) is 15.7. The zero-order valence-electron chi connectivity index (χ0n) is 10.7. The van der Waals surface area contributed by atoms with E-state index in [0.717, 1.165) is 44.0 Å². The Morgan fingerprint density at radius 2 is 2.50 bits per heavy atom. The molecule has 0 aromatic carbocycles.